The molecule has 286 valence electrons. The van der Waals surface area contributed by atoms with E-state index < -0.39 is 47.5 Å². The first-order valence-corrected chi connectivity index (χ1v) is 17.6. The average Bonchev–Trinajstić information content (AvgIpc) is 3.74. The number of fused-ring (bicyclic) bond motifs is 2. The molecular formula is C36H38F4N8O6. The summed E-state index contributed by atoms with van der Waals surface area (Å²) in [7, 11) is 0. The highest BCUT2D eigenvalue weighted by Gasteiger charge is 2.72. The van der Waals surface area contributed by atoms with Gasteiger partial charge in [0.1, 0.15) is 17.3 Å². The van der Waals surface area contributed by atoms with E-state index in [1.807, 2.05) is 11.0 Å². The Balaban J connectivity index is 0.000000167. The molecule has 4 unspecified atom stereocenters. The van der Waals surface area contributed by atoms with Crippen LogP contribution >= 0.6 is 0 Å². The van der Waals surface area contributed by atoms with Crippen LogP contribution in [0.3, 0.4) is 0 Å². The van der Waals surface area contributed by atoms with Crippen molar-refractivity contribution in [3.8, 4) is 0 Å². The Morgan fingerprint density at radius 2 is 1.20 bits per heavy atom. The van der Waals surface area contributed by atoms with Gasteiger partial charge in [-0.15, -0.1) is 0 Å². The van der Waals surface area contributed by atoms with Gasteiger partial charge in [-0.1, -0.05) is 12.1 Å². The average molecular weight is 755 g/mol. The van der Waals surface area contributed by atoms with Crippen molar-refractivity contribution in [3.63, 3.8) is 0 Å². The number of aromatic nitrogens is 6. The summed E-state index contributed by atoms with van der Waals surface area (Å²) in [5, 5.41) is 17.9. The first-order chi connectivity index (χ1) is 25.9. The van der Waals surface area contributed by atoms with Crippen LogP contribution in [0.2, 0.25) is 0 Å². The number of hydrogen-bond acceptors (Lipinski definition) is 12. The first-order valence-electron chi connectivity index (χ1n) is 17.6. The topological polar surface area (TPSA) is 158 Å². The number of nitrogens with zero attached hydrogens (tertiary/aromatic N) is 8. The molecule has 2 saturated carbocycles. The van der Waals surface area contributed by atoms with Gasteiger partial charge >= 0.3 is 11.9 Å². The van der Waals surface area contributed by atoms with Gasteiger partial charge in [-0.05, 0) is 31.5 Å². The summed E-state index contributed by atoms with van der Waals surface area (Å²) in [5.41, 5.74) is 2.74. The molecule has 0 radical (unpaired) electrons. The number of alkyl halides is 4. The zero-order valence-corrected chi connectivity index (χ0v) is 29.4. The number of ether oxygens (including phenoxy) is 2. The van der Waals surface area contributed by atoms with Crippen molar-refractivity contribution in [1.29, 1.82) is 0 Å². The van der Waals surface area contributed by atoms with Crippen LogP contribution in [-0.4, -0.2) is 104 Å². The summed E-state index contributed by atoms with van der Waals surface area (Å²) in [5.74, 6) is -7.25. The molecule has 0 spiro atoms. The van der Waals surface area contributed by atoms with Gasteiger partial charge in [0.25, 0.3) is 11.8 Å². The molecular weight excluding hydrogens is 716 g/mol. The molecule has 4 aromatic heterocycles. The number of aldehydes is 1. The van der Waals surface area contributed by atoms with Crippen molar-refractivity contribution in [2.45, 2.75) is 45.4 Å². The van der Waals surface area contributed by atoms with Gasteiger partial charge in [0.05, 0.1) is 85.8 Å². The van der Waals surface area contributed by atoms with E-state index in [0.29, 0.717) is 46.9 Å². The van der Waals surface area contributed by atoms with E-state index in [1.54, 1.807) is 47.8 Å². The quantitative estimate of drug-likeness (QED) is 0.127. The van der Waals surface area contributed by atoms with Crippen LogP contribution in [0.25, 0.3) is 0 Å². The van der Waals surface area contributed by atoms with Crippen molar-refractivity contribution in [2.24, 2.45) is 23.7 Å². The minimum atomic E-state index is -2.55. The van der Waals surface area contributed by atoms with E-state index in [9.17, 15) is 37.1 Å². The summed E-state index contributed by atoms with van der Waals surface area (Å²) < 4.78 is 66.3. The predicted molar refractivity (Wildman–Crippen MR) is 183 cm³/mol. The van der Waals surface area contributed by atoms with Gasteiger partial charge in [-0.3, -0.25) is 14.2 Å². The molecule has 0 amide bonds. The molecule has 0 aromatic carbocycles. The summed E-state index contributed by atoms with van der Waals surface area (Å²) in [6, 6.07) is 7.04. The Labute approximate surface area is 306 Å². The van der Waals surface area contributed by atoms with Crippen LogP contribution in [0.15, 0.2) is 49.1 Å². The van der Waals surface area contributed by atoms with E-state index in [-0.39, 0.29) is 58.2 Å². The van der Waals surface area contributed by atoms with Gasteiger partial charge in [-0.25, -0.2) is 37.1 Å². The van der Waals surface area contributed by atoms with Crippen molar-refractivity contribution in [1.82, 2.24) is 29.5 Å². The number of anilines is 2. The first kappa shape index (κ1) is 36.9. The van der Waals surface area contributed by atoms with E-state index in [1.165, 1.54) is 23.3 Å². The number of rotatable bonds is 12. The number of halogens is 4. The SMILES string of the molecule is CCOC(=O)c1cnn(Cc2ccc(N3CC4C(C3)C4(F)F)nc2C=O)c1.CCOC(=O)c1cnn(Cc2ccc(N3CC4C(C3)C4(F)F)nc2CO)c1. The highest BCUT2D eigenvalue weighted by Crippen LogP contribution is 2.60. The lowest BCUT2D eigenvalue weighted by molar-refractivity contribution is 0.0516. The number of aliphatic hydroxyl groups is 1. The molecule has 18 heteroatoms. The van der Waals surface area contributed by atoms with Crippen LogP contribution in [-0.2, 0) is 29.2 Å². The standard InChI is InChI=1S/C18H20F2N4O3.C18H18F2N4O3/c2*1-2-27-17(26)12-5-21-24(7-12)6-11-3-4-16(22-15(11)10-25)23-8-13-14(9-23)18(13,19)20/h3-5,7,13-14,25H,2,6,8-10H2,1H3;3-5,7,10,13-14H,2,6,8-9H2,1H3. The molecule has 2 aliphatic carbocycles. The molecule has 14 nitrogen and oxygen atoms in total. The minimum absolute atomic E-state index is 0.230. The number of pyridine rings is 2. The molecule has 1 N–H and O–H groups in total. The molecule has 2 aliphatic heterocycles. The van der Waals surface area contributed by atoms with Crippen LogP contribution in [0.5, 0.6) is 0 Å². The van der Waals surface area contributed by atoms with Gasteiger partial charge < -0.3 is 24.4 Å². The highest BCUT2D eigenvalue weighted by atomic mass is 19.3. The van der Waals surface area contributed by atoms with Gasteiger partial charge in [-0.2, -0.15) is 10.2 Å². The van der Waals surface area contributed by atoms with Crippen molar-refractivity contribution >= 4 is 29.9 Å². The Hall–Kier alpha value is -5.39. The van der Waals surface area contributed by atoms with Crippen LogP contribution < -0.4 is 9.80 Å². The highest BCUT2D eigenvalue weighted by molar-refractivity contribution is 5.89. The zero-order valence-electron chi connectivity index (χ0n) is 29.4. The van der Waals surface area contributed by atoms with Crippen molar-refractivity contribution in [2.75, 3.05) is 49.2 Å². The molecule has 8 rings (SSSR count). The lowest BCUT2D eigenvalue weighted by atomic mass is 10.2. The second-order valence-corrected chi connectivity index (χ2v) is 13.6. The Kier molecular flexibility index (Phi) is 9.89. The van der Waals surface area contributed by atoms with E-state index in [0.717, 1.165) is 5.56 Å². The third-order valence-corrected chi connectivity index (χ3v) is 10.3. The fourth-order valence-corrected chi connectivity index (χ4v) is 7.16. The molecule has 2 saturated heterocycles. The number of carbonyl (C=O) groups excluding carboxylic acids is 3. The molecule has 4 fully saturated rings. The normalized spacial score (nSPS) is 22.5. The molecule has 4 aliphatic rings. The van der Waals surface area contributed by atoms with Crippen LogP contribution in [0.1, 0.15) is 61.9 Å². The van der Waals surface area contributed by atoms with Crippen molar-refractivity contribution < 1.29 is 46.5 Å². The Morgan fingerprint density at radius 3 is 1.65 bits per heavy atom. The van der Waals surface area contributed by atoms with Crippen molar-refractivity contribution in [3.05, 3.63) is 82.7 Å². The van der Waals surface area contributed by atoms with Gasteiger partial charge in [0.15, 0.2) is 6.29 Å². The zero-order chi connectivity index (χ0) is 38.4. The predicted octanol–water partition coefficient (Wildman–Crippen LogP) is 3.71. The van der Waals surface area contributed by atoms with E-state index in [2.05, 4.69) is 20.2 Å². The molecule has 0 bridgehead atoms. The summed E-state index contributed by atoms with van der Waals surface area (Å²) in [6.45, 7) is 5.40. The Bertz CT molecular complexity index is 2030. The van der Waals surface area contributed by atoms with E-state index in [4.69, 9.17) is 9.47 Å². The van der Waals surface area contributed by atoms with Crippen LogP contribution in [0, 0.1) is 23.7 Å². The molecule has 4 atom stereocenters. The van der Waals surface area contributed by atoms with Gasteiger partial charge in [0, 0.05) is 44.1 Å². The third-order valence-electron chi connectivity index (χ3n) is 10.3. The fourth-order valence-electron chi connectivity index (χ4n) is 7.16. The molecule has 4 aromatic rings. The number of aliphatic hydroxyl groups excluding tert-OH is 1. The Morgan fingerprint density at radius 1 is 0.759 bits per heavy atom. The lowest BCUT2D eigenvalue weighted by Gasteiger charge is -2.22. The summed E-state index contributed by atoms with van der Waals surface area (Å²) >= 11 is 0. The number of piperidine rings is 2. The third kappa shape index (κ3) is 7.13. The largest absolute Gasteiger partial charge is 0.462 e. The second-order valence-electron chi connectivity index (χ2n) is 13.6. The van der Waals surface area contributed by atoms with Crippen LogP contribution in [0.4, 0.5) is 29.2 Å². The smallest absolute Gasteiger partial charge is 0.341 e. The number of esters is 2. The lowest BCUT2D eigenvalue weighted by Crippen LogP contribution is -2.28. The maximum Gasteiger partial charge on any atom is 0.341 e. The minimum Gasteiger partial charge on any atom is -0.462 e. The monoisotopic (exact) mass is 754 g/mol. The maximum absolute atomic E-state index is 13.4. The maximum atomic E-state index is 13.4. The molecule has 6 heterocycles. The molecule has 54 heavy (non-hydrogen) atoms. The summed E-state index contributed by atoms with van der Waals surface area (Å²) in [6.07, 6.45) is 6.58. The number of carbonyl (C=O) groups is 3. The number of hydrogen-bond donors (Lipinski definition) is 1. The summed E-state index contributed by atoms with van der Waals surface area (Å²) in [4.78, 5) is 47.3. The van der Waals surface area contributed by atoms with E-state index >= 15 is 0 Å². The fraction of sp³-hybridized carbons (Fsp3) is 0.472. The second kappa shape index (κ2) is 14.4. The van der Waals surface area contributed by atoms with Gasteiger partial charge in [0.2, 0.25) is 0 Å².